The van der Waals surface area contributed by atoms with Crippen molar-refractivity contribution in [2.75, 3.05) is 5.32 Å². The Morgan fingerprint density at radius 3 is 2.65 bits per heavy atom. The molecule has 0 saturated carbocycles. The molecule has 2 heterocycles. The van der Waals surface area contributed by atoms with E-state index >= 15 is 0 Å². The summed E-state index contributed by atoms with van der Waals surface area (Å²) < 4.78 is 3.78. The summed E-state index contributed by atoms with van der Waals surface area (Å²) in [6.45, 7) is 7.05. The summed E-state index contributed by atoms with van der Waals surface area (Å²) in [5, 5.41) is 12.0. The SMILES string of the molecule is Cc1nn(C(C)C)cc1CNc1ccn(C)n1. The van der Waals surface area contributed by atoms with Gasteiger partial charge in [0.25, 0.3) is 0 Å². The van der Waals surface area contributed by atoms with Crippen LogP contribution in [-0.2, 0) is 13.6 Å². The molecule has 1 N–H and O–H groups in total. The highest BCUT2D eigenvalue weighted by Crippen LogP contribution is 2.12. The van der Waals surface area contributed by atoms with E-state index in [0.29, 0.717) is 6.04 Å². The number of nitrogens with one attached hydrogen (secondary N) is 1. The number of hydrogen-bond donors (Lipinski definition) is 1. The number of anilines is 1. The van der Waals surface area contributed by atoms with Crippen LogP contribution in [0.1, 0.15) is 31.1 Å². The van der Waals surface area contributed by atoms with Crippen LogP contribution in [0.2, 0.25) is 0 Å². The lowest BCUT2D eigenvalue weighted by molar-refractivity contribution is 0.529. The van der Waals surface area contributed by atoms with E-state index in [1.54, 1.807) is 4.68 Å². The number of rotatable bonds is 4. The Hall–Kier alpha value is -1.78. The van der Waals surface area contributed by atoms with Gasteiger partial charge in [-0.25, -0.2) is 0 Å². The van der Waals surface area contributed by atoms with Gasteiger partial charge < -0.3 is 5.32 Å². The molecule has 5 nitrogen and oxygen atoms in total. The third-order valence-electron chi connectivity index (χ3n) is 2.72. The van der Waals surface area contributed by atoms with Crippen LogP contribution in [0.15, 0.2) is 18.5 Å². The molecule has 5 heteroatoms. The Bertz CT molecular complexity index is 495. The van der Waals surface area contributed by atoms with Crippen molar-refractivity contribution in [3.8, 4) is 0 Å². The summed E-state index contributed by atoms with van der Waals surface area (Å²) in [7, 11) is 1.91. The van der Waals surface area contributed by atoms with Gasteiger partial charge in [-0.05, 0) is 20.8 Å². The largest absolute Gasteiger partial charge is 0.364 e. The molecule has 0 amide bonds. The van der Waals surface area contributed by atoms with Crippen LogP contribution in [0.25, 0.3) is 0 Å². The van der Waals surface area contributed by atoms with Gasteiger partial charge in [0.1, 0.15) is 5.82 Å². The van der Waals surface area contributed by atoms with Crippen molar-refractivity contribution in [3.05, 3.63) is 29.7 Å². The zero-order chi connectivity index (χ0) is 12.4. The molecule has 2 aromatic rings. The molecule has 0 bridgehead atoms. The Morgan fingerprint density at radius 1 is 1.35 bits per heavy atom. The summed E-state index contributed by atoms with van der Waals surface area (Å²) in [5.41, 5.74) is 2.28. The zero-order valence-electron chi connectivity index (χ0n) is 10.8. The predicted molar refractivity (Wildman–Crippen MR) is 67.9 cm³/mol. The first kappa shape index (κ1) is 11.7. The van der Waals surface area contributed by atoms with E-state index in [-0.39, 0.29) is 0 Å². The van der Waals surface area contributed by atoms with Gasteiger partial charge in [0, 0.05) is 43.7 Å². The molecule has 0 aliphatic carbocycles. The third-order valence-corrected chi connectivity index (χ3v) is 2.72. The number of hydrogen-bond acceptors (Lipinski definition) is 3. The molecule has 92 valence electrons. The van der Waals surface area contributed by atoms with E-state index < -0.39 is 0 Å². The van der Waals surface area contributed by atoms with Crippen molar-refractivity contribution in [3.63, 3.8) is 0 Å². The second-order valence-corrected chi connectivity index (χ2v) is 4.54. The van der Waals surface area contributed by atoms with E-state index in [1.165, 1.54) is 5.56 Å². The highest BCUT2D eigenvalue weighted by atomic mass is 15.3. The zero-order valence-corrected chi connectivity index (χ0v) is 10.8. The van der Waals surface area contributed by atoms with Gasteiger partial charge in [0.05, 0.1) is 5.69 Å². The monoisotopic (exact) mass is 233 g/mol. The fourth-order valence-electron chi connectivity index (χ4n) is 1.65. The second kappa shape index (κ2) is 4.61. The number of nitrogens with zero attached hydrogens (tertiary/aromatic N) is 4. The van der Waals surface area contributed by atoms with Crippen LogP contribution in [0.4, 0.5) is 5.82 Å². The molecule has 2 aromatic heterocycles. The average molecular weight is 233 g/mol. The molecule has 0 unspecified atom stereocenters. The molecular weight excluding hydrogens is 214 g/mol. The quantitative estimate of drug-likeness (QED) is 0.880. The van der Waals surface area contributed by atoms with Gasteiger partial charge in [-0.15, -0.1) is 0 Å². The highest BCUT2D eigenvalue weighted by molar-refractivity contribution is 5.34. The summed E-state index contributed by atoms with van der Waals surface area (Å²) in [4.78, 5) is 0. The van der Waals surface area contributed by atoms with Gasteiger partial charge in [-0.1, -0.05) is 0 Å². The summed E-state index contributed by atoms with van der Waals surface area (Å²) in [5.74, 6) is 0.893. The minimum absolute atomic E-state index is 0.400. The molecule has 0 fully saturated rings. The maximum atomic E-state index is 4.48. The molecule has 0 aromatic carbocycles. The van der Waals surface area contributed by atoms with Gasteiger partial charge in [-0.2, -0.15) is 10.2 Å². The van der Waals surface area contributed by atoms with Crippen LogP contribution >= 0.6 is 0 Å². The summed E-state index contributed by atoms with van der Waals surface area (Å²) >= 11 is 0. The maximum absolute atomic E-state index is 4.48. The first-order chi connectivity index (χ1) is 8.06. The standard InChI is InChI=1S/C12H19N5/c1-9(2)17-8-11(10(3)14-17)7-13-12-5-6-16(4)15-12/h5-6,8-9H,7H2,1-4H3,(H,13,15). The van der Waals surface area contributed by atoms with Crippen LogP contribution in [0.3, 0.4) is 0 Å². The Balaban J connectivity index is 2.03. The second-order valence-electron chi connectivity index (χ2n) is 4.54. The Morgan fingerprint density at radius 2 is 2.12 bits per heavy atom. The average Bonchev–Trinajstić information content (AvgIpc) is 2.82. The summed E-state index contributed by atoms with van der Waals surface area (Å²) in [6.07, 6.45) is 4.02. The lowest BCUT2D eigenvalue weighted by atomic mass is 10.2. The predicted octanol–water partition coefficient (Wildman–Crippen LogP) is 2.12. The minimum atomic E-state index is 0.400. The van der Waals surface area contributed by atoms with E-state index in [1.807, 2.05) is 30.9 Å². The van der Waals surface area contributed by atoms with Crippen LogP contribution in [-0.4, -0.2) is 19.6 Å². The topological polar surface area (TPSA) is 47.7 Å². The third kappa shape index (κ3) is 2.67. The molecule has 0 aliphatic heterocycles. The fourth-order valence-corrected chi connectivity index (χ4v) is 1.65. The van der Waals surface area contributed by atoms with Gasteiger partial charge >= 0.3 is 0 Å². The normalized spacial score (nSPS) is 11.1. The molecule has 0 radical (unpaired) electrons. The Labute approximate surface area is 101 Å². The first-order valence-corrected chi connectivity index (χ1v) is 5.84. The molecular formula is C12H19N5. The summed E-state index contributed by atoms with van der Waals surface area (Å²) in [6, 6.07) is 2.36. The maximum Gasteiger partial charge on any atom is 0.148 e. The van der Waals surface area contributed by atoms with Crippen molar-refractivity contribution >= 4 is 5.82 Å². The van der Waals surface area contributed by atoms with Crippen molar-refractivity contribution in [2.45, 2.75) is 33.4 Å². The van der Waals surface area contributed by atoms with Gasteiger partial charge in [-0.3, -0.25) is 9.36 Å². The van der Waals surface area contributed by atoms with Crippen LogP contribution in [0, 0.1) is 6.92 Å². The first-order valence-electron chi connectivity index (χ1n) is 5.84. The number of aromatic nitrogens is 4. The fraction of sp³-hybridized carbons (Fsp3) is 0.500. The lowest BCUT2D eigenvalue weighted by Gasteiger charge is -2.03. The molecule has 0 atom stereocenters. The van der Waals surface area contributed by atoms with Crippen molar-refractivity contribution in [1.29, 1.82) is 0 Å². The molecule has 0 spiro atoms. The molecule has 0 aliphatic rings. The van der Waals surface area contributed by atoms with Crippen molar-refractivity contribution in [2.24, 2.45) is 7.05 Å². The number of aryl methyl sites for hydroxylation is 2. The van der Waals surface area contributed by atoms with E-state index in [2.05, 4.69) is 35.6 Å². The van der Waals surface area contributed by atoms with Crippen molar-refractivity contribution in [1.82, 2.24) is 19.6 Å². The van der Waals surface area contributed by atoms with Crippen LogP contribution in [0.5, 0.6) is 0 Å². The minimum Gasteiger partial charge on any atom is -0.364 e. The van der Waals surface area contributed by atoms with E-state index in [0.717, 1.165) is 18.1 Å². The molecule has 17 heavy (non-hydrogen) atoms. The molecule has 2 rings (SSSR count). The lowest BCUT2D eigenvalue weighted by Crippen LogP contribution is -2.01. The van der Waals surface area contributed by atoms with E-state index in [4.69, 9.17) is 0 Å². The highest BCUT2D eigenvalue weighted by Gasteiger charge is 2.07. The van der Waals surface area contributed by atoms with Crippen LogP contribution < -0.4 is 5.32 Å². The van der Waals surface area contributed by atoms with Gasteiger partial charge in [0.2, 0.25) is 0 Å². The smallest absolute Gasteiger partial charge is 0.148 e. The van der Waals surface area contributed by atoms with Gasteiger partial charge in [0.15, 0.2) is 0 Å². The molecule has 0 saturated heterocycles. The van der Waals surface area contributed by atoms with E-state index in [9.17, 15) is 0 Å². The Kier molecular flexibility index (Phi) is 3.17. The van der Waals surface area contributed by atoms with Crippen molar-refractivity contribution < 1.29 is 0 Å².